The third-order valence-electron chi connectivity index (χ3n) is 1.73. The summed E-state index contributed by atoms with van der Waals surface area (Å²) in [5.74, 6) is 0. The first kappa shape index (κ1) is 10.3. The molecular weight excluding hydrogens is 236 g/mol. The van der Waals surface area contributed by atoms with Crippen LogP contribution in [0.3, 0.4) is 0 Å². The van der Waals surface area contributed by atoms with Gasteiger partial charge in [0, 0.05) is 19.4 Å². The molecule has 0 aliphatic heterocycles. The maximum absolute atomic E-state index is 11.2. The van der Waals surface area contributed by atoms with Crippen molar-refractivity contribution in [1.82, 2.24) is 19.5 Å². The predicted molar refractivity (Wildman–Crippen MR) is 57.2 cm³/mol. The molecule has 15 heavy (non-hydrogen) atoms. The molecule has 1 N–H and O–H groups in total. The fourth-order valence-electron chi connectivity index (χ4n) is 0.975. The number of hydrogen-bond donors (Lipinski definition) is 1. The van der Waals surface area contributed by atoms with Gasteiger partial charge in [-0.15, -0.1) is 0 Å². The highest BCUT2D eigenvalue weighted by molar-refractivity contribution is 7.99. The largest absolute Gasteiger partial charge is 0.329 e. The summed E-state index contributed by atoms with van der Waals surface area (Å²) >= 11 is 7.05. The van der Waals surface area contributed by atoms with E-state index in [1.807, 2.05) is 17.8 Å². The van der Waals surface area contributed by atoms with Crippen LogP contribution in [0.4, 0.5) is 0 Å². The van der Waals surface area contributed by atoms with Gasteiger partial charge in [0.05, 0.1) is 6.33 Å². The van der Waals surface area contributed by atoms with E-state index in [2.05, 4.69) is 15.0 Å². The molecule has 0 aromatic carbocycles. The van der Waals surface area contributed by atoms with Crippen LogP contribution < -0.4 is 5.56 Å². The van der Waals surface area contributed by atoms with E-state index in [0.29, 0.717) is 5.03 Å². The van der Waals surface area contributed by atoms with E-state index in [4.69, 9.17) is 11.6 Å². The normalized spacial score (nSPS) is 10.5. The van der Waals surface area contributed by atoms with Crippen molar-refractivity contribution >= 4 is 23.4 Å². The molecule has 5 nitrogen and oxygen atoms in total. The van der Waals surface area contributed by atoms with E-state index < -0.39 is 0 Å². The van der Waals surface area contributed by atoms with Crippen molar-refractivity contribution in [2.75, 3.05) is 0 Å². The Labute approximate surface area is 94.5 Å². The molecule has 7 heteroatoms. The highest BCUT2D eigenvalue weighted by atomic mass is 35.5. The van der Waals surface area contributed by atoms with Gasteiger partial charge in [0.25, 0.3) is 5.56 Å². The van der Waals surface area contributed by atoms with Crippen LogP contribution in [0.2, 0.25) is 5.02 Å². The second-order valence-corrected chi connectivity index (χ2v) is 4.11. The van der Waals surface area contributed by atoms with Crippen LogP contribution in [-0.4, -0.2) is 19.5 Å². The summed E-state index contributed by atoms with van der Waals surface area (Å²) in [6.45, 7) is 0. The summed E-state index contributed by atoms with van der Waals surface area (Å²) in [5, 5.41) is 1.27. The lowest BCUT2D eigenvalue weighted by molar-refractivity contribution is 0.788. The van der Waals surface area contributed by atoms with Crippen molar-refractivity contribution in [3.63, 3.8) is 0 Å². The van der Waals surface area contributed by atoms with Gasteiger partial charge in [-0.1, -0.05) is 11.6 Å². The van der Waals surface area contributed by atoms with Crippen LogP contribution in [0.1, 0.15) is 0 Å². The second kappa shape index (κ2) is 4.08. The Morgan fingerprint density at radius 1 is 1.53 bits per heavy atom. The number of nitrogens with zero attached hydrogens (tertiary/aromatic N) is 3. The van der Waals surface area contributed by atoms with Gasteiger partial charge >= 0.3 is 0 Å². The summed E-state index contributed by atoms with van der Waals surface area (Å²) < 4.78 is 1.82. The maximum Gasteiger partial charge on any atom is 0.270 e. The van der Waals surface area contributed by atoms with Gasteiger partial charge in [-0.05, 0) is 11.8 Å². The first-order valence-electron chi connectivity index (χ1n) is 4.07. The Kier molecular flexibility index (Phi) is 2.79. The monoisotopic (exact) mass is 242 g/mol. The van der Waals surface area contributed by atoms with Crippen LogP contribution >= 0.6 is 23.4 Å². The smallest absolute Gasteiger partial charge is 0.270 e. The number of aromatic amines is 1. The van der Waals surface area contributed by atoms with E-state index in [-0.39, 0.29) is 10.6 Å². The van der Waals surface area contributed by atoms with Crippen molar-refractivity contribution < 1.29 is 0 Å². The molecule has 0 bridgehead atoms. The predicted octanol–water partition coefficient (Wildman–Crippen LogP) is 1.31. The van der Waals surface area contributed by atoms with E-state index in [0.717, 1.165) is 5.16 Å². The number of rotatable bonds is 2. The first-order valence-corrected chi connectivity index (χ1v) is 5.26. The van der Waals surface area contributed by atoms with Gasteiger partial charge in [-0.3, -0.25) is 4.79 Å². The third-order valence-corrected chi connectivity index (χ3v) is 3.27. The molecule has 0 aliphatic carbocycles. The van der Waals surface area contributed by atoms with Crippen molar-refractivity contribution in [2.24, 2.45) is 7.05 Å². The second-order valence-electron chi connectivity index (χ2n) is 2.77. The number of imidazole rings is 1. The highest BCUT2D eigenvalue weighted by Gasteiger charge is 2.09. The molecule has 0 spiro atoms. The van der Waals surface area contributed by atoms with Gasteiger partial charge in [0.2, 0.25) is 0 Å². The van der Waals surface area contributed by atoms with Gasteiger partial charge in [0.1, 0.15) is 10.0 Å². The topological polar surface area (TPSA) is 63.6 Å². The minimum atomic E-state index is -0.344. The van der Waals surface area contributed by atoms with E-state index in [9.17, 15) is 4.79 Å². The molecule has 78 valence electrons. The zero-order chi connectivity index (χ0) is 10.8. The van der Waals surface area contributed by atoms with E-state index in [1.54, 1.807) is 6.20 Å². The zero-order valence-electron chi connectivity index (χ0n) is 7.77. The lowest BCUT2D eigenvalue weighted by atomic mass is 10.7. The molecule has 0 amide bonds. The SMILES string of the molecule is Cn1ccnc1Sc1nc[nH]c(=O)c1Cl. The molecule has 2 aromatic heterocycles. The lowest BCUT2D eigenvalue weighted by Crippen LogP contribution is -2.07. The van der Waals surface area contributed by atoms with Gasteiger partial charge in [-0.25, -0.2) is 9.97 Å². The van der Waals surface area contributed by atoms with Crippen molar-refractivity contribution in [1.29, 1.82) is 0 Å². The first-order chi connectivity index (χ1) is 7.18. The van der Waals surface area contributed by atoms with Crippen LogP contribution in [0.25, 0.3) is 0 Å². The summed E-state index contributed by atoms with van der Waals surface area (Å²) in [4.78, 5) is 21.7. The molecule has 0 radical (unpaired) electrons. The van der Waals surface area contributed by atoms with Gasteiger partial charge in [-0.2, -0.15) is 0 Å². The van der Waals surface area contributed by atoms with Crippen LogP contribution in [0.15, 0.2) is 33.7 Å². The minimum absolute atomic E-state index is 0.0884. The van der Waals surface area contributed by atoms with Gasteiger partial charge in [0.15, 0.2) is 5.16 Å². The molecule has 2 heterocycles. The molecule has 0 saturated carbocycles. The number of aryl methyl sites for hydroxylation is 1. The average Bonchev–Trinajstić information content (AvgIpc) is 2.60. The Morgan fingerprint density at radius 3 is 3.00 bits per heavy atom. The number of hydrogen-bond acceptors (Lipinski definition) is 4. The van der Waals surface area contributed by atoms with Crippen LogP contribution in [0.5, 0.6) is 0 Å². The molecule has 2 rings (SSSR count). The maximum atomic E-state index is 11.2. The van der Waals surface area contributed by atoms with Crippen LogP contribution in [-0.2, 0) is 7.05 Å². The zero-order valence-corrected chi connectivity index (χ0v) is 9.34. The summed E-state index contributed by atoms with van der Waals surface area (Å²) in [7, 11) is 1.86. The molecule has 0 fully saturated rings. The molecule has 0 saturated heterocycles. The Hall–Kier alpha value is -1.27. The summed E-state index contributed by atoms with van der Waals surface area (Å²) in [5.41, 5.74) is -0.344. The fourth-order valence-corrected chi connectivity index (χ4v) is 1.97. The van der Waals surface area contributed by atoms with Crippen LogP contribution in [0, 0.1) is 0 Å². The molecular formula is C8H7ClN4OS. The Balaban J connectivity index is 2.37. The standard InChI is InChI=1S/C8H7ClN4OS/c1-13-3-2-10-8(13)15-7-5(9)6(14)11-4-12-7/h2-4H,1H3,(H,11,12,14). The van der Waals surface area contributed by atoms with E-state index in [1.165, 1.54) is 18.1 Å². The Bertz CT molecular complexity index is 535. The number of nitrogens with one attached hydrogen (secondary N) is 1. The Morgan fingerprint density at radius 2 is 2.33 bits per heavy atom. The third kappa shape index (κ3) is 2.05. The number of aromatic nitrogens is 4. The van der Waals surface area contributed by atoms with Gasteiger partial charge < -0.3 is 9.55 Å². The molecule has 0 aliphatic rings. The average molecular weight is 243 g/mol. The van der Waals surface area contributed by atoms with Crippen molar-refractivity contribution in [3.05, 3.63) is 34.1 Å². The molecule has 0 unspecified atom stereocenters. The summed E-state index contributed by atoms with van der Waals surface area (Å²) in [6.07, 6.45) is 4.80. The minimum Gasteiger partial charge on any atom is -0.329 e. The lowest BCUT2D eigenvalue weighted by Gasteiger charge is -2.01. The number of halogens is 1. The van der Waals surface area contributed by atoms with Crippen molar-refractivity contribution in [2.45, 2.75) is 10.2 Å². The molecule has 2 aromatic rings. The molecule has 0 atom stereocenters. The fraction of sp³-hybridized carbons (Fsp3) is 0.125. The summed E-state index contributed by atoms with van der Waals surface area (Å²) in [6, 6.07) is 0. The highest BCUT2D eigenvalue weighted by Crippen LogP contribution is 2.27. The van der Waals surface area contributed by atoms with E-state index >= 15 is 0 Å². The van der Waals surface area contributed by atoms with Crippen molar-refractivity contribution in [3.8, 4) is 0 Å². The number of H-pyrrole nitrogens is 1. The quantitative estimate of drug-likeness (QED) is 0.807.